The van der Waals surface area contributed by atoms with Crippen molar-refractivity contribution < 1.29 is 4.74 Å². The molecule has 0 radical (unpaired) electrons. The normalized spacial score (nSPS) is 18.8. The molecular formula is C14H21BrN2O. The average molecular weight is 313 g/mol. The van der Waals surface area contributed by atoms with E-state index >= 15 is 0 Å². The lowest BCUT2D eigenvalue weighted by atomic mass is 9.90. The molecule has 2 rings (SSSR count). The van der Waals surface area contributed by atoms with Gasteiger partial charge in [-0.15, -0.1) is 0 Å². The molecule has 0 spiro atoms. The maximum atomic E-state index is 5.68. The lowest BCUT2D eigenvalue weighted by molar-refractivity contribution is 0.0605. The fourth-order valence-corrected chi connectivity index (χ4v) is 2.76. The van der Waals surface area contributed by atoms with Crippen molar-refractivity contribution in [1.82, 2.24) is 5.43 Å². The molecule has 0 bridgehead atoms. The highest BCUT2D eigenvalue weighted by atomic mass is 79.9. The second-order valence-electron chi connectivity index (χ2n) is 4.99. The van der Waals surface area contributed by atoms with E-state index in [2.05, 4.69) is 45.6 Å². The van der Waals surface area contributed by atoms with E-state index in [9.17, 15) is 0 Å². The van der Waals surface area contributed by atoms with Gasteiger partial charge in [0.25, 0.3) is 0 Å². The summed E-state index contributed by atoms with van der Waals surface area (Å²) in [4.78, 5) is 0. The van der Waals surface area contributed by atoms with Gasteiger partial charge in [0, 0.05) is 23.7 Å². The van der Waals surface area contributed by atoms with Gasteiger partial charge in [0.15, 0.2) is 0 Å². The smallest absolute Gasteiger partial charge is 0.0468 e. The van der Waals surface area contributed by atoms with Gasteiger partial charge in [0.2, 0.25) is 0 Å². The predicted molar refractivity (Wildman–Crippen MR) is 77.1 cm³/mol. The molecule has 1 aromatic carbocycles. The van der Waals surface area contributed by atoms with Crippen LogP contribution in [0.5, 0.6) is 0 Å². The fraction of sp³-hybridized carbons (Fsp3) is 0.571. The highest BCUT2D eigenvalue weighted by Gasteiger charge is 2.18. The zero-order chi connectivity index (χ0) is 12.8. The van der Waals surface area contributed by atoms with Crippen molar-refractivity contribution in [2.45, 2.75) is 31.7 Å². The van der Waals surface area contributed by atoms with Crippen molar-refractivity contribution >= 4 is 15.9 Å². The molecule has 1 aromatic rings. The Hall–Kier alpha value is -0.420. The quantitative estimate of drug-likeness (QED) is 0.649. The predicted octanol–water partition coefficient (Wildman–Crippen LogP) is 2.64. The number of hydrogen-bond donors (Lipinski definition) is 2. The van der Waals surface area contributed by atoms with E-state index < -0.39 is 0 Å². The Labute approximate surface area is 117 Å². The molecular weight excluding hydrogens is 292 g/mol. The minimum Gasteiger partial charge on any atom is -0.381 e. The Kier molecular flexibility index (Phi) is 5.63. The van der Waals surface area contributed by atoms with E-state index in [4.69, 9.17) is 10.6 Å². The van der Waals surface area contributed by atoms with Gasteiger partial charge in [0.1, 0.15) is 0 Å². The zero-order valence-electron chi connectivity index (χ0n) is 10.6. The van der Waals surface area contributed by atoms with E-state index in [1.807, 2.05) is 0 Å². The highest BCUT2D eigenvalue weighted by Crippen LogP contribution is 2.21. The maximum absolute atomic E-state index is 5.68. The van der Waals surface area contributed by atoms with Crippen LogP contribution in [0.4, 0.5) is 0 Å². The zero-order valence-corrected chi connectivity index (χ0v) is 12.2. The first kappa shape index (κ1) is 14.0. The molecule has 1 aliphatic heterocycles. The molecule has 3 nitrogen and oxygen atoms in total. The number of benzene rings is 1. The van der Waals surface area contributed by atoms with E-state index in [-0.39, 0.29) is 0 Å². The summed E-state index contributed by atoms with van der Waals surface area (Å²) in [6, 6.07) is 8.82. The summed E-state index contributed by atoms with van der Waals surface area (Å²) in [7, 11) is 0. The van der Waals surface area contributed by atoms with Gasteiger partial charge in [-0.3, -0.25) is 11.3 Å². The fourth-order valence-electron chi connectivity index (χ4n) is 2.50. The topological polar surface area (TPSA) is 47.3 Å². The van der Waals surface area contributed by atoms with Crippen LogP contribution in [-0.2, 0) is 11.2 Å². The first-order chi connectivity index (χ1) is 8.78. The van der Waals surface area contributed by atoms with E-state index in [1.54, 1.807) is 0 Å². The molecule has 3 N–H and O–H groups in total. The average Bonchev–Trinajstić information content (AvgIpc) is 2.41. The summed E-state index contributed by atoms with van der Waals surface area (Å²) in [5.74, 6) is 6.42. The lowest BCUT2D eigenvalue weighted by Gasteiger charge is -2.26. The number of hydrazine groups is 1. The van der Waals surface area contributed by atoms with Gasteiger partial charge in [-0.2, -0.15) is 0 Å². The molecule has 1 unspecified atom stereocenters. The number of hydrogen-bond acceptors (Lipinski definition) is 3. The summed E-state index contributed by atoms with van der Waals surface area (Å²) in [5.41, 5.74) is 4.29. The van der Waals surface area contributed by atoms with Crippen LogP contribution in [-0.4, -0.2) is 19.3 Å². The largest absolute Gasteiger partial charge is 0.381 e. The van der Waals surface area contributed by atoms with Crippen molar-refractivity contribution in [1.29, 1.82) is 0 Å². The highest BCUT2D eigenvalue weighted by molar-refractivity contribution is 9.10. The van der Waals surface area contributed by atoms with Crippen LogP contribution in [0, 0.1) is 5.92 Å². The van der Waals surface area contributed by atoms with Gasteiger partial charge < -0.3 is 4.74 Å². The first-order valence-electron chi connectivity index (χ1n) is 6.56. The second kappa shape index (κ2) is 7.24. The molecule has 1 atom stereocenters. The summed E-state index contributed by atoms with van der Waals surface area (Å²) >= 11 is 3.45. The third-order valence-corrected chi connectivity index (χ3v) is 4.12. The Morgan fingerprint density at radius 3 is 2.56 bits per heavy atom. The Morgan fingerprint density at radius 1 is 1.28 bits per heavy atom. The van der Waals surface area contributed by atoms with Crippen LogP contribution in [0.3, 0.4) is 0 Å². The van der Waals surface area contributed by atoms with Gasteiger partial charge >= 0.3 is 0 Å². The summed E-state index contributed by atoms with van der Waals surface area (Å²) in [6.45, 7) is 1.81. The Morgan fingerprint density at radius 2 is 1.94 bits per heavy atom. The monoisotopic (exact) mass is 312 g/mol. The molecule has 0 aliphatic carbocycles. The summed E-state index contributed by atoms with van der Waals surface area (Å²) in [5, 5.41) is 0. The van der Waals surface area contributed by atoms with E-state index in [0.29, 0.717) is 6.04 Å². The number of nitrogens with two attached hydrogens (primary N) is 1. The third kappa shape index (κ3) is 4.35. The summed E-state index contributed by atoms with van der Waals surface area (Å²) < 4.78 is 6.51. The SMILES string of the molecule is NNC(Cc1ccc(Br)cc1)CC1CCOCC1. The molecule has 0 saturated carbocycles. The van der Waals surface area contributed by atoms with Gasteiger partial charge in [-0.25, -0.2) is 0 Å². The summed E-state index contributed by atoms with van der Waals surface area (Å²) in [6.07, 6.45) is 4.45. The first-order valence-corrected chi connectivity index (χ1v) is 7.35. The minimum atomic E-state index is 0.356. The van der Waals surface area contributed by atoms with E-state index in [0.717, 1.165) is 36.4 Å². The van der Waals surface area contributed by atoms with Crippen LogP contribution in [0.2, 0.25) is 0 Å². The number of rotatable bonds is 5. The van der Waals surface area contributed by atoms with Crippen LogP contribution in [0.1, 0.15) is 24.8 Å². The second-order valence-corrected chi connectivity index (χ2v) is 5.90. The molecule has 4 heteroatoms. The van der Waals surface area contributed by atoms with E-state index in [1.165, 1.54) is 18.4 Å². The number of halogens is 1. The van der Waals surface area contributed by atoms with Crippen LogP contribution >= 0.6 is 15.9 Å². The van der Waals surface area contributed by atoms with Crippen molar-refractivity contribution in [2.75, 3.05) is 13.2 Å². The molecule has 18 heavy (non-hydrogen) atoms. The van der Waals surface area contributed by atoms with Crippen molar-refractivity contribution in [3.8, 4) is 0 Å². The molecule has 1 heterocycles. The Bertz CT molecular complexity index is 349. The van der Waals surface area contributed by atoms with Crippen LogP contribution < -0.4 is 11.3 Å². The Balaban J connectivity index is 1.86. The van der Waals surface area contributed by atoms with Crippen molar-refractivity contribution in [3.63, 3.8) is 0 Å². The van der Waals surface area contributed by atoms with Gasteiger partial charge in [-0.05, 0) is 49.3 Å². The lowest BCUT2D eigenvalue weighted by Crippen LogP contribution is -2.39. The molecule has 0 aromatic heterocycles. The third-order valence-electron chi connectivity index (χ3n) is 3.59. The molecule has 0 amide bonds. The van der Waals surface area contributed by atoms with Crippen LogP contribution in [0.15, 0.2) is 28.7 Å². The maximum Gasteiger partial charge on any atom is 0.0468 e. The standard InChI is InChI=1S/C14H21BrN2O/c15-13-3-1-11(2-4-13)9-14(17-16)10-12-5-7-18-8-6-12/h1-4,12,14,17H,5-10,16H2. The minimum absolute atomic E-state index is 0.356. The molecule has 100 valence electrons. The molecule has 1 aliphatic rings. The van der Waals surface area contributed by atoms with Gasteiger partial charge in [-0.1, -0.05) is 28.1 Å². The number of ether oxygens (including phenoxy) is 1. The van der Waals surface area contributed by atoms with Crippen LogP contribution in [0.25, 0.3) is 0 Å². The van der Waals surface area contributed by atoms with Gasteiger partial charge in [0.05, 0.1) is 0 Å². The molecule has 1 fully saturated rings. The van der Waals surface area contributed by atoms with Crippen molar-refractivity contribution in [2.24, 2.45) is 11.8 Å². The molecule has 1 saturated heterocycles. The number of nitrogens with one attached hydrogen (secondary N) is 1. The van der Waals surface area contributed by atoms with Crippen molar-refractivity contribution in [3.05, 3.63) is 34.3 Å².